The molecule has 0 unspecified atom stereocenters. The highest BCUT2D eigenvalue weighted by Crippen LogP contribution is 2.31. The summed E-state index contributed by atoms with van der Waals surface area (Å²) in [4.78, 5) is 29.4. The molecule has 130 valence electrons. The van der Waals surface area contributed by atoms with Crippen molar-refractivity contribution in [2.45, 2.75) is 19.8 Å². The first-order valence-corrected chi connectivity index (χ1v) is 8.27. The summed E-state index contributed by atoms with van der Waals surface area (Å²) in [5.41, 5.74) is 1.65. The van der Waals surface area contributed by atoms with Crippen LogP contribution in [0.2, 0.25) is 0 Å². The van der Waals surface area contributed by atoms with Crippen LogP contribution in [0.3, 0.4) is 0 Å². The van der Waals surface area contributed by atoms with E-state index in [4.69, 9.17) is 0 Å². The van der Waals surface area contributed by atoms with E-state index in [2.05, 4.69) is 10.3 Å². The summed E-state index contributed by atoms with van der Waals surface area (Å²) in [6, 6.07) is 10.5. The topological polar surface area (TPSA) is 88.4 Å². The molecule has 1 aliphatic heterocycles. The molecule has 2 aromatic rings. The second-order valence-corrected chi connectivity index (χ2v) is 6.17. The predicted molar refractivity (Wildman–Crippen MR) is 95.6 cm³/mol. The van der Waals surface area contributed by atoms with Gasteiger partial charge >= 0.3 is 0 Å². The number of nitro groups is 1. The van der Waals surface area contributed by atoms with Gasteiger partial charge in [0.1, 0.15) is 11.5 Å². The van der Waals surface area contributed by atoms with E-state index in [9.17, 15) is 14.9 Å². The van der Waals surface area contributed by atoms with Gasteiger partial charge in [0.25, 0.3) is 5.69 Å². The third-order valence-electron chi connectivity index (χ3n) is 4.54. The molecule has 0 aliphatic carbocycles. The molecule has 0 radical (unpaired) electrons. The smallest absolute Gasteiger partial charge is 0.292 e. The van der Waals surface area contributed by atoms with Gasteiger partial charge in [-0.05, 0) is 37.5 Å². The van der Waals surface area contributed by atoms with Gasteiger partial charge in [-0.15, -0.1) is 0 Å². The van der Waals surface area contributed by atoms with Crippen molar-refractivity contribution in [2.75, 3.05) is 23.3 Å². The fourth-order valence-electron chi connectivity index (χ4n) is 3.10. The minimum atomic E-state index is -0.363. The molecule has 0 saturated carbocycles. The van der Waals surface area contributed by atoms with E-state index >= 15 is 0 Å². The molecule has 0 spiro atoms. The molecule has 1 aromatic carbocycles. The lowest BCUT2D eigenvalue weighted by Crippen LogP contribution is -2.38. The van der Waals surface area contributed by atoms with Crippen molar-refractivity contribution in [2.24, 2.45) is 5.92 Å². The number of aryl methyl sites for hydroxylation is 1. The maximum Gasteiger partial charge on any atom is 0.292 e. The number of carbonyl (C=O) groups excluding carboxylic acids is 1. The van der Waals surface area contributed by atoms with Gasteiger partial charge in [0.15, 0.2) is 0 Å². The van der Waals surface area contributed by atoms with Crippen LogP contribution >= 0.6 is 0 Å². The Kier molecular flexibility index (Phi) is 4.92. The molecular formula is C18H20N4O3. The molecular weight excluding hydrogens is 320 g/mol. The number of nitrogens with one attached hydrogen (secondary N) is 1. The lowest BCUT2D eigenvalue weighted by Gasteiger charge is -2.32. The molecule has 2 heterocycles. The Bertz CT molecular complexity index is 785. The first-order chi connectivity index (χ1) is 12.1. The predicted octanol–water partition coefficient (Wildman–Crippen LogP) is 3.15. The highest BCUT2D eigenvalue weighted by atomic mass is 16.6. The number of nitrogens with zero attached hydrogens (tertiary/aromatic N) is 3. The SMILES string of the molecule is Cc1cccnc1NC(=O)C1CCN(c2ccccc2[N+](=O)[O-])CC1. The number of anilines is 2. The minimum absolute atomic E-state index is 0.0380. The zero-order chi connectivity index (χ0) is 17.8. The summed E-state index contributed by atoms with van der Waals surface area (Å²) in [7, 11) is 0. The number of rotatable bonds is 4. The Morgan fingerprint density at radius 2 is 1.96 bits per heavy atom. The number of benzene rings is 1. The van der Waals surface area contributed by atoms with E-state index in [1.165, 1.54) is 6.07 Å². The summed E-state index contributed by atoms with van der Waals surface area (Å²) >= 11 is 0. The molecule has 1 aliphatic rings. The monoisotopic (exact) mass is 340 g/mol. The van der Waals surface area contributed by atoms with E-state index in [0.29, 0.717) is 37.4 Å². The Balaban J connectivity index is 1.63. The number of para-hydroxylation sites is 2. The van der Waals surface area contributed by atoms with Gasteiger partial charge in [-0.25, -0.2) is 4.98 Å². The number of pyridine rings is 1. The van der Waals surface area contributed by atoms with E-state index in [1.54, 1.807) is 24.4 Å². The minimum Gasteiger partial charge on any atom is -0.366 e. The lowest BCUT2D eigenvalue weighted by molar-refractivity contribution is -0.384. The first-order valence-electron chi connectivity index (χ1n) is 8.27. The fraction of sp³-hybridized carbons (Fsp3) is 0.333. The average molecular weight is 340 g/mol. The average Bonchev–Trinajstić information content (AvgIpc) is 2.63. The number of piperidine rings is 1. The van der Waals surface area contributed by atoms with Crippen LogP contribution in [-0.4, -0.2) is 28.9 Å². The van der Waals surface area contributed by atoms with Crippen molar-refractivity contribution in [3.63, 3.8) is 0 Å². The maximum atomic E-state index is 12.5. The van der Waals surface area contributed by atoms with Gasteiger partial charge in [0.2, 0.25) is 5.91 Å². The van der Waals surface area contributed by atoms with Crippen LogP contribution in [0, 0.1) is 23.0 Å². The lowest BCUT2D eigenvalue weighted by atomic mass is 9.95. The quantitative estimate of drug-likeness (QED) is 0.682. The third-order valence-corrected chi connectivity index (χ3v) is 4.54. The van der Waals surface area contributed by atoms with Gasteiger partial charge in [0.05, 0.1) is 4.92 Å². The summed E-state index contributed by atoms with van der Waals surface area (Å²) in [5.74, 6) is 0.443. The second-order valence-electron chi connectivity index (χ2n) is 6.17. The summed E-state index contributed by atoms with van der Waals surface area (Å²) in [5, 5.41) is 14.1. The largest absolute Gasteiger partial charge is 0.366 e. The molecule has 0 atom stereocenters. The van der Waals surface area contributed by atoms with Crippen LogP contribution in [0.5, 0.6) is 0 Å². The van der Waals surface area contributed by atoms with Crippen LogP contribution in [0.4, 0.5) is 17.2 Å². The van der Waals surface area contributed by atoms with Gasteiger partial charge in [-0.2, -0.15) is 0 Å². The molecule has 25 heavy (non-hydrogen) atoms. The van der Waals surface area contributed by atoms with Crippen molar-refractivity contribution in [3.8, 4) is 0 Å². The molecule has 1 N–H and O–H groups in total. The second kappa shape index (κ2) is 7.29. The highest BCUT2D eigenvalue weighted by molar-refractivity contribution is 5.92. The molecule has 0 bridgehead atoms. The Morgan fingerprint density at radius 3 is 2.64 bits per heavy atom. The zero-order valence-corrected chi connectivity index (χ0v) is 14.0. The number of carbonyl (C=O) groups is 1. The third kappa shape index (κ3) is 3.76. The summed E-state index contributed by atoms with van der Waals surface area (Å²) in [6.07, 6.45) is 2.97. The van der Waals surface area contributed by atoms with E-state index in [-0.39, 0.29) is 22.4 Å². The molecule has 1 saturated heterocycles. The number of amides is 1. The number of hydrogen-bond donors (Lipinski definition) is 1. The van der Waals surface area contributed by atoms with E-state index < -0.39 is 0 Å². The van der Waals surface area contributed by atoms with Gasteiger partial charge < -0.3 is 10.2 Å². The molecule has 1 aromatic heterocycles. The van der Waals surface area contributed by atoms with Crippen molar-refractivity contribution in [1.29, 1.82) is 0 Å². The van der Waals surface area contributed by atoms with Crippen LogP contribution in [0.1, 0.15) is 18.4 Å². The van der Waals surface area contributed by atoms with E-state index in [0.717, 1.165) is 5.56 Å². The first kappa shape index (κ1) is 16.9. The van der Waals surface area contributed by atoms with Crippen LogP contribution in [0.15, 0.2) is 42.6 Å². The number of hydrogen-bond acceptors (Lipinski definition) is 5. The van der Waals surface area contributed by atoms with Crippen LogP contribution < -0.4 is 10.2 Å². The molecule has 1 amide bonds. The number of aromatic nitrogens is 1. The summed E-state index contributed by atoms with van der Waals surface area (Å²) in [6.45, 7) is 3.13. The maximum absolute atomic E-state index is 12.5. The Labute approximate surface area is 145 Å². The molecule has 7 nitrogen and oxygen atoms in total. The Morgan fingerprint density at radius 1 is 1.24 bits per heavy atom. The van der Waals surface area contributed by atoms with Crippen molar-refractivity contribution >= 4 is 23.1 Å². The standard InChI is InChI=1S/C18H20N4O3/c1-13-5-4-10-19-17(13)20-18(23)14-8-11-21(12-9-14)15-6-2-3-7-16(15)22(24)25/h2-7,10,14H,8-9,11-12H2,1H3,(H,19,20,23). The normalized spacial score (nSPS) is 15.0. The molecule has 1 fully saturated rings. The van der Waals surface area contributed by atoms with Gasteiger partial charge in [0, 0.05) is 31.3 Å². The molecule has 3 rings (SSSR count). The zero-order valence-electron chi connectivity index (χ0n) is 14.0. The van der Waals surface area contributed by atoms with Crippen LogP contribution in [-0.2, 0) is 4.79 Å². The number of nitro benzene ring substituents is 1. The van der Waals surface area contributed by atoms with Crippen molar-refractivity contribution in [3.05, 3.63) is 58.3 Å². The van der Waals surface area contributed by atoms with Crippen LogP contribution in [0.25, 0.3) is 0 Å². The van der Waals surface area contributed by atoms with Gasteiger partial charge in [-0.3, -0.25) is 14.9 Å². The van der Waals surface area contributed by atoms with E-state index in [1.807, 2.05) is 24.0 Å². The van der Waals surface area contributed by atoms with Crippen molar-refractivity contribution in [1.82, 2.24) is 4.98 Å². The molecule has 7 heteroatoms. The highest BCUT2D eigenvalue weighted by Gasteiger charge is 2.28. The van der Waals surface area contributed by atoms with Crippen molar-refractivity contribution < 1.29 is 9.72 Å². The Hall–Kier alpha value is -2.96. The summed E-state index contributed by atoms with van der Waals surface area (Å²) < 4.78 is 0. The fourth-order valence-corrected chi connectivity index (χ4v) is 3.10. The van der Waals surface area contributed by atoms with Gasteiger partial charge in [-0.1, -0.05) is 18.2 Å².